The Balaban J connectivity index is 1.39. The highest BCUT2D eigenvalue weighted by molar-refractivity contribution is 7.17. The molecule has 0 spiro atoms. The van der Waals surface area contributed by atoms with E-state index in [0.29, 0.717) is 5.92 Å². The zero-order valence-electron chi connectivity index (χ0n) is 18.2. The van der Waals surface area contributed by atoms with E-state index in [2.05, 4.69) is 88.6 Å². The molecular formula is C26H28N4S. The first-order valence-electron chi connectivity index (χ1n) is 11.0. The molecule has 31 heavy (non-hydrogen) atoms. The van der Waals surface area contributed by atoms with Crippen LogP contribution in [0.5, 0.6) is 0 Å². The molecule has 0 aliphatic carbocycles. The predicted molar refractivity (Wildman–Crippen MR) is 131 cm³/mol. The summed E-state index contributed by atoms with van der Waals surface area (Å²) in [5.41, 5.74) is 5.24. The fraction of sp³-hybridized carbons (Fsp3) is 0.308. The summed E-state index contributed by atoms with van der Waals surface area (Å²) in [7, 11) is 0. The van der Waals surface area contributed by atoms with E-state index in [9.17, 15) is 0 Å². The van der Waals surface area contributed by atoms with Crippen LogP contribution < -0.4 is 4.90 Å². The Bertz CT molecular complexity index is 1140. The van der Waals surface area contributed by atoms with Crippen molar-refractivity contribution in [3.05, 3.63) is 77.4 Å². The van der Waals surface area contributed by atoms with Gasteiger partial charge >= 0.3 is 0 Å². The number of rotatable bonds is 5. The third-order valence-corrected chi connectivity index (χ3v) is 7.05. The first-order chi connectivity index (χ1) is 15.2. The minimum absolute atomic E-state index is 0.541. The number of aromatic nitrogens is 2. The molecule has 2 aromatic carbocycles. The topological polar surface area (TPSA) is 32.3 Å². The van der Waals surface area contributed by atoms with Crippen molar-refractivity contribution in [1.82, 2.24) is 14.9 Å². The summed E-state index contributed by atoms with van der Waals surface area (Å²) >= 11 is 1.71. The quantitative estimate of drug-likeness (QED) is 0.402. The molecule has 2 aromatic heterocycles. The molecule has 0 amide bonds. The number of anilines is 1. The summed E-state index contributed by atoms with van der Waals surface area (Å²) in [5, 5.41) is 3.43. The lowest BCUT2D eigenvalue weighted by Crippen LogP contribution is -2.46. The molecule has 0 N–H and O–H groups in total. The molecule has 158 valence electrons. The van der Waals surface area contributed by atoms with Gasteiger partial charge in [0, 0.05) is 43.7 Å². The highest BCUT2D eigenvalue weighted by Gasteiger charge is 2.22. The number of hydrogen-bond acceptors (Lipinski definition) is 5. The summed E-state index contributed by atoms with van der Waals surface area (Å²) in [6.07, 6.45) is 1.72. The first kappa shape index (κ1) is 20.2. The van der Waals surface area contributed by atoms with Crippen molar-refractivity contribution in [2.45, 2.75) is 26.3 Å². The lowest BCUT2D eigenvalue weighted by molar-refractivity contribution is 0.249. The number of fused-ring (bicyclic) bond motifs is 1. The second-order valence-corrected chi connectivity index (χ2v) is 9.41. The second-order valence-electron chi connectivity index (χ2n) is 8.55. The Morgan fingerprint density at radius 1 is 0.903 bits per heavy atom. The molecule has 0 atom stereocenters. The zero-order valence-corrected chi connectivity index (χ0v) is 19.0. The average molecular weight is 429 g/mol. The number of benzene rings is 2. The molecule has 0 bridgehead atoms. The minimum atomic E-state index is 0.541. The lowest BCUT2D eigenvalue weighted by atomic mass is 9.99. The third kappa shape index (κ3) is 4.21. The van der Waals surface area contributed by atoms with Crippen LogP contribution in [-0.4, -0.2) is 41.0 Å². The van der Waals surface area contributed by atoms with Crippen molar-refractivity contribution in [3.63, 3.8) is 0 Å². The molecule has 3 heterocycles. The highest BCUT2D eigenvalue weighted by Crippen LogP contribution is 2.38. The van der Waals surface area contributed by atoms with Gasteiger partial charge in [-0.2, -0.15) is 0 Å². The molecule has 4 nitrogen and oxygen atoms in total. The second kappa shape index (κ2) is 8.77. The van der Waals surface area contributed by atoms with E-state index in [-0.39, 0.29) is 0 Å². The molecule has 1 fully saturated rings. The van der Waals surface area contributed by atoms with Gasteiger partial charge in [0.05, 0.1) is 5.39 Å². The van der Waals surface area contributed by atoms with Crippen LogP contribution in [0.4, 0.5) is 5.82 Å². The largest absolute Gasteiger partial charge is 0.353 e. The van der Waals surface area contributed by atoms with Crippen molar-refractivity contribution < 1.29 is 0 Å². The Morgan fingerprint density at radius 3 is 2.35 bits per heavy atom. The van der Waals surface area contributed by atoms with E-state index in [1.165, 1.54) is 27.6 Å². The van der Waals surface area contributed by atoms with E-state index >= 15 is 0 Å². The minimum Gasteiger partial charge on any atom is -0.353 e. The van der Waals surface area contributed by atoms with Gasteiger partial charge in [-0.05, 0) is 22.6 Å². The van der Waals surface area contributed by atoms with Gasteiger partial charge in [-0.15, -0.1) is 11.3 Å². The molecule has 1 aliphatic heterocycles. The summed E-state index contributed by atoms with van der Waals surface area (Å²) in [5.74, 6) is 1.62. The molecule has 5 heteroatoms. The van der Waals surface area contributed by atoms with Crippen molar-refractivity contribution >= 4 is 27.4 Å². The van der Waals surface area contributed by atoms with Crippen molar-refractivity contribution in [3.8, 4) is 11.1 Å². The average Bonchev–Trinajstić information content (AvgIpc) is 3.25. The zero-order chi connectivity index (χ0) is 21.2. The van der Waals surface area contributed by atoms with Gasteiger partial charge in [0.15, 0.2) is 0 Å². The van der Waals surface area contributed by atoms with Gasteiger partial charge in [-0.25, -0.2) is 9.97 Å². The van der Waals surface area contributed by atoms with Crippen LogP contribution in [0, 0.1) is 0 Å². The number of nitrogens with zero attached hydrogens (tertiary/aromatic N) is 4. The van der Waals surface area contributed by atoms with E-state index in [0.717, 1.165) is 43.4 Å². The molecular weight excluding hydrogens is 400 g/mol. The van der Waals surface area contributed by atoms with Crippen LogP contribution in [0.25, 0.3) is 21.3 Å². The van der Waals surface area contributed by atoms with Gasteiger partial charge in [0.25, 0.3) is 0 Å². The third-order valence-electron chi connectivity index (χ3n) is 6.16. The fourth-order valence-electron chi connectivity index (χ4n) is 4.32. The summed E-state index contributed by atoms with van der Waals surface area (Å²) < 4.78 is 0. The van der Waals surface area contributed by atoms with E-state index in [1.807, 2.05) is 0 Å². The van der Waals surface area contributed by atoms with Crippen LogP contribution >= 0.6 is 11.3 Å². The number of hydrogen-bond donors (Lipinski definition) is 0. The summed E-state index contributed by atoms with van der Waals surface area (Å²) in [6.45, 7) is 9.55. The SMILES string of the molecule is CC(C)c1ccc(-c2csc3ncnc(N4CCN(Cc5ccccc5)CC4)c23)cc1. The number of thiophene rings is 1. The molecule has 1 saturated heterocycles. The van der Waals surface area contributed by atoms with Gasteiger partial charge in [0.2, 0.25) is 0 Å². The molecule has 0 radical (unpaired) electrons. The lowest BCUT2D eigenvalue weighted by Gasteiger charge is -2.35. The summed E-state index contributed by atoms with van der Waals surface area (Å²) in [4.78, 5) is 15.4. The van der Waals surface area contributed by atoms with Crippen molar-refractivity contribution in [1.29, 1.82) is 0 Å². The van der Waals surface area contributed by atoms with Crippen molar-refractivity contribution in [2.75, 3.05) is 31.1 Å². The standard InChI is InChI=1S/C26H28N4S/c1-19(2)21-8-10-22(11-9-21)23-17-31-26-24(23)25(27-18-28-26)30-14-12-29(13-15-30)16-20-6-4-3-5-7-20/h3-11,17-19H,12-16H2,1-2H3. The molecule has 0 unspecified atom stereocenters. The van der Waals surface area contributed by atoms with E-state index in [1.54, 1.807) is 17.7 Å². The Morgan fingerprint density at radius 2 is 1.65 bits per heavy atom. The van der Waals surface area contributed by atoms with Gasteiger partial charge in [-0.3, -0.25) is 4.90 Å². The monoisotopic (exact) mass is 428 g/mol. The Kier molecular flexibility index (Phi) is 5.70. The van der Waals surface area contributed by atoms with Crippen LogP contribution in [0.2, 0.25) is 0 Å². The smallest absolute Gasteiger partial charge is 0.141 e. The van der Waals surface area contributed by atoms with E-state index in [4.69, 9.17) is 4.98 Å². The fourth-order valence-corrected chi connectivity index (χ4v) is 5.23. The van der Waals surface area contributed by atoms with Crippen LogP contribution in [0.3, 0.4) is 0 Å². The maximum absolute atomic E-state index is 4.75. The highest BCUT2D eigenvalue weighted by atomic mass is 32.1. The molecule has 4 aromatic rings. The molecule has 5 rings (SSSR count). The van der Waals surface area contributed by atoms with Gasteiger partial charge in [0.1, 0.15) is 17.0 Å². The Hall–Kier alpha value is -2.76. The van der Waals surface area contributed by atoms with Gasteiger partial charge < -0.3 is 4.90 Å². The molecule has 1 aliphatic rings. The van der Waals surface area contributed by atoms with Crippen molar-refractivity contribution in [2.24, 2.45) is 0 Å². The normalized spacial score (nSPS) is 15.1. The predicted octanol–water partition coefficient (Wildman–Crippen LogP) is 5.80. The number of piperazine rings is 1. The maximum Gasteiger partial charge on any atom is 0.141 e. The van der Waals surface area contributed by atoms with Crippen LogP contribution in [0.15, 0.2) is 66.3 Å². The van der Waals surface area contributed by atoms with Gasteiger partial charge in [-0.1, -0.05) is 68.4 Å². The first-order valence-corrected chi connectivity index (χ1v) is 11.9. The Labute approximate surface area is 188 Å². The maximum atomic E-state index is 4.75. The van der Waals surface area contributed by atoms with E-state index < -0.39 is 0 Å². The molecule has 0 saturated carbocycles. The summed E-state index contributed by atoms with van der Waals surface area (Å²) in [6, 6.07) is 19.7. The van der Waals surface area contributed by atoms with Crippen LogP contribution in [-0.2, 0) is 6.54 Å². The van der Waals surface area contributed by atoms with Crippen LogP contribution in [0.1, 0.15) is 30.9 Å².